The van der Waals surface area contributed by atoms with Crippen LogP contribution in [-0.4, -0.2) is 29.3 Å². The third-order valence-electron chi connectivity index (χ3n) is 4.20. The molecule has 0 spiro atoms. The Bertz CT molecular complexity index is 891. The minimum Gasteiger partial charge on any atom is -0.346 e. The van der Waals surface area contributed by atoms with E-state index in [-0.39, 0.29) is 12.3 Å². The van der Waals surface area contributed by atoms with Gasteiger partial charge in [0.2, 0.25) is 0 Å². The van der Waals surface area contributed by atoms with Crippen LogP contribution in [0.3, 0.4) is 0 Å². The summed E-state index contributed by atoms with van der Waals surface area (Å²) in [6.07, 6.45) is 5.61. The fourth-order valence-corrected chi connectivity index (χ4v) is 3.32. The van der Waals surface area contributed by atoms with Crippen molar-refractivity contribution in [1.82, 2.24) is 9.97 Å². The van der Waals surface area contributed by atoms with Crippen molar-refractivity contribution in [3.8, 4) is 0 Å². The number of nitrogens with zero attached hydrogens (tertiary/aromatic N) is 2. The molecule has 2 heterocycles. The molecule has 0 radical (unpaired) electrons. The van der Waals surface area contributed by atoms with Crippen LogP contribution in [0.2, 0.25) is 0 Å². The lowest BCUT2D eigenvalue weighted by molar-refractivity contribution is 0.562. The molecule has 1 saturated carbocycles. The van der Waals surface area contributed by atoms with E-state index >= 15 is 0 Å². The Labute approximate surface area is 160 Å². The fraction of sp³-hybridized carbons (Fsp3) is 0.389. The molecule has 1 aliphatic rings. The smallest absolute Gasteiger partial charge is 0.152 e. The minimum absolute atomic E-state index is 0.208. The highest BCUT2D eigenvalue weighted by Gasteiger charge is 2.24. The van der Waals surface area contributed by atoms with Crippen molar-refractivity contribution in [3.63, 3.8) is 0 Å². The molecule has 3 rings (SSSR count). The first-order valence-corrected chi connectivity index (χ1v) is 10.3. The van der Waals surface area contributed by atoms with Gasteiger partial charge in [0.25, 0.3) is 0 Å². The quantitative estimate of drug-likeness (QED) is 0.365. The molecule has 26 heavy (non-hydrogen) atoms. The van der Waals surface area contributed by atoms with Gasteiger partial charge in [0.1, 0.15) is 5.82 Å². The molecule has 0 bridgehead atoms. The molecule has 0 saturated heterocycles. The third-order valence-corrected chi connectivity index (χ3v) is 5.25. The average molecular weight is 391 g/mol. The monoisotopic (exact) mass is 390 g/mol. The largest absolute Gasteiger partial charge is 0.346 e. The van der Waals surface area contributed by atoms with Crippen LogP contribution in [0.1, 0.15) is 48.6 Å². The highest BCUT2D eigenvalue weighted by atomic mass is 32.2. The van der Waals surface area contributed by atoms with Crippen LogP contribution in [0.15, 0.2) is 35.5 Å². The predicted molar refractivity (Wildman–Crippen MR) is 107 cm³/mol. The highest BCUT2D eigenvalue weighted by Crippen LogP contribution is 2.40. The number of nitrogens with one attached hydrogen (secondary N) is 1. The Morgan fingerprint density at radius 3 is 2.92 bits per heavy atom. The maximum atomic E-state index is 10.8. The molecule has 0 amide bonds. The van der Waals surface area contributed by atoms with Crippen molar-refractivity contribution < 1.29 is 8.76 Å². The van der Waals surface area contributed by atoms with Gasteiger partial charge in [-0.25, -0.2) is 9.20 Å². The highest BCUT2D eigenvalue weighted by molar-refractivity contribution is 7.80. The van der Waals surface area contributed by atoms with Crippen LogP contribution < -0.4 is 11.1 Å². The lowest BCUT2D eigenvalue weighted by Gasteiger charge is -2.01. The summed E-state index contributed by atoms with van der Waals surface area (Å²) in [4.78, 5) is 13.0. The third kappa shape index (κ3) is 5.38. The molecule has 2 aromatic rings. The lowest BCUT2D eigenvalue weighted by atomic mass is 10.2. The molecule has 1 aliphatic carbocycles. The molecule has 8 heteroatoms. The van der Waals surface area contributed by atoms with E-state index in [4.69, 9.17) is 22.5 Å². The molecule has 2 aromatic heterocycles. The second kappa shape index (κ2) is 8.77. The molecular formula is C18H22N4O2S2. The summed E-state index contributed by atoms with van der Waals surface area (Å²) in [5.41, 5.74) is 8.47. The zero-order chi connectivity index (χ0) is 18.5. The van der Waals surface area contributed by atoms with E-state index in [0.29, 0.717) is 35.0 Å². The molecule has 1 fully saturated rings. The standard InChI is InChI=1S/C18H22N4O2S2/c19-10-15-9-14(22-18-8-13(11-20-18)12-3-4-12)5-6-16(21-15)17(25)2-1-7-26(23)24/h5-6,8-9,11-12,20H,1-4,7,10,19H2,(H,23,24). The Morgan fingerprint density at radius 1 is 1.42 bits per heavy atom. The molecule has 1 atom stereocenters. The number of aromatic amines is 1. The van der Waals surface area contributed by atoms with E-state index in [1.54, 1.807) is 0 Å². The lowest BCUT2D eigenvalue weighted by Crippen LogP contribution is -2.06. The summed E-state index contributed by atoms with van der Waals surface area (Å²) >= 11 is 3.62. The number of nitrogens with two attached hydrogens (primary N) is 1. The maximum absolute atomic E-state index is 10.8. The first kappa shape index (κ1) is 19.0. The zero-order valence-electron chi connectivity index (χ0n) is 14.4. The first-order chi connectivity index (χ1) is 12.5. The van der Waals surface area contributed by atoms with Crippen LogP contribution in [0.5, 0.6) is 0 Å². The van der Waals surface area contributed by atoms with Gasteiger partial charge >= 0.3 is 0 Å². The molecule has 138 valence electrons. The van der Waals surface area contributed by atoms with Gasteiger partial charge in [-0.3, -0.25) is 4.98 Å². The summed E-state index contributed by atoms with van der Waals surface area (Å²) in [5, 5.41) is 0.757. The number of rotatable bonds is 8. The molecule has 6 nitrogen and oxygen atoms in total. The van der Waals surface area contributed by atoms with E-state index in [1.807, 2.05) is 24.4 Å². The van der Waals surface area contributed by atoms with Crippen LogP contribution in [0, 0.1) is 0 Å². The second-order valence-electron chi connectivity index (χ2n) is 6.35. The van der Waals surface area contributed by atoms with Crippen LogP contribution in [0.25, 0.3) is 0 Å². The summed E-state index contributed by atoms with van der Waals surface area (Å²) in [6.45, 7) is 0.283. The average Bonchev–Trinajstić information content (AvgIpc) is 3.39. The van der Waals surface area contributed by atoms with Gasteiger partial charge in [-0.2, -0.15) is 0 Å². The number of hydrogen-bond acceptors (Lipinski definition) is 5. The van der Waals surface area contributed by atoms with E-state index in [2.05, 4.69) is 21.0 Å². The van der Waals surface area contributed by atoms with Crippen LogP contribution in [0.4, 0.5) is 5.82 Å². The Hall–Kier alpha value is -1.74. The van der Waals surface area contributed by atoms with Crippen LogP contribution in [-0.2, 0) is 17.6 Å². The molecular weight excluding hydrogens is 368 g/mol. The Balaban J connectivity index is 1.82. The predicted octanol–water partition coefficient (Wildman–Crippen LogP) is 2.70. The topological polar surface area (TPSA) is 104 Å². The van der Waals surface area contributed by atoms with Crippen LogP contribution >= 0.6 is 12.2 Å². The van der Waals surface area contributed by atoms with E-state index in [9.17, 15) is 4.21 Å². The summed E-state index contributed by atoms with van der Waals surface area (Å²) in [6, 6.07) is 7.64. The van der Waals surface area contributed by atoms with E-state index < -0.39 is 11.1 Å². The Kier molecular flexibility index (Phi) is 6.42. The van der Waals surface area contributed by atoms with E-state index in [1.165, 1.54) is 18.4 Å². The number of hydrogen-bond donors (Lipinski definition) is 3. The zero-order valence-corrected chi connectivity index (χ0v) is 16.0. The summed E-state index contributed by atoms with van der Waals surface area (Å²) < 4.78 is 19.6. The summed E-state index contributed by atoms with van der Waals surface area (Å²) in [7, 11) is 0. The molecule has 0 aromatic carbocycles. The molecule has 0 aliphatic heterocycles. The van der Waals surface area contributed by atoms with Crippen molar-refractivity contribution in [3.05, 3.63) is 52.8 Å². The fourth-order valence-electron chi connectivity index (χ4n) is 2.68. The summed E-state index contributed by atoms with van der Waals surface area (Å²) in [5.74, 6) is 1.70. The SMILES string of the molecule is NCc1cc(=Nc2cc(C3CC3)c[nH]2)ccc(C(=S)CCCS(=O)O)n1. The minimum atomic E-state index is -1.80. The van der Waals surface area contributed by atoms with Crippen molar-refractivity contribution in [1.29, 1.82) is 0 Å². The van der Waals surface area contributed by atoms with Crippen molar-refractivity contribution in [2.75, 3.05) is 5.75 Å². The van der Waals surface area contributed by atoms with Gasteiger partial charge in [-0.05, 0) is 61.4 Å². The van der Waals surface area contributed by atoms with Crippen molar-refractivity contribution in [2.45, 2.75) is 38.1 Å². The normalized spacial score (nSPS) is 15.8. The van der Waals surface area contributed by atoms with Gasteiger partial charge in [0, 0.05) is 23.4 Å². The maximum Gasteiger partial charge on any atom is 0.152 e. The van der Waals surface area contributed by atoms with Gasteiger partial charge in [0.15, 0.2) is 11.1 Å². The number of aromatic nitrogens is 2. The van der Waals surface area contributed by atoms with Gasteiger partial charge in [-0.1, -0.05) is 12.2 Å². The van der Waals surface area contributed by atoms with Gasteiger partial charge < -0.3 is 15.3 Å². The second-order valence-corrected chi connectivity index (χ2v) is 7.90. The number of H-pyrrole nitrogens is 1. The van der Waals surface area contributed by atoms with E-state index in [0.717, 1.165) is 11.2 Å². The first-order valence-electron chi connectivity index (χ1n) is 8.60. The number of thiocarbonyl (C=S) groups is 1. The van der Waals surface area contributed by atoms with Crippen molar-refractivity contribution >= 4 is 34.0 Å². The molecule has 4 N–H and O–H groups in total. The molecule has 1 unspecified atom stereocenters. The van der Waals surface area contributed by atoms with Gasteiger partial charge in [-0.15, -0.1) is 0 Å². The van der Waals surface area contributed by atoms with Crippen molar-refractivity contribution in [2.24, 2.45) is 10.7 Å². The Morgan fingerprint density at radius 2 is 2.23 bits per heavy atom. The van der Waals surface area contributed by atoms with Gasteiger partial charge in [0.05, 0.1) is 16.7 Å².